The van der Waals surface area contributed by atoms with Gasteiger partial charge in [0, 0.05) is 6.54 Å². The van der Waals surface area contributed by atoms with Gasteiger partial charge in [0.1, 0.15) is 11.6 Å². The van der Waals surface area contributed by atoms with E-state index < -0.39 is 5.54 Å². The average Bonchev–Trinajstić information content (AvgIpc) is 2.88. The van der Waals surface area contributed by atoms with Crippen LogP contribution in [0.2, 0.25) is 0 Å². The van der Waals surface area contributed by atoms with Crippen LogP contribution in [0, 0.1) is 5.92 Å². The second-order valence-corrected chi connectivity index (χ2v) is 7.37. The summed E-state index contributed by atoms with van der Waals surface area (Å²) in [7, 11) is 0. The predicted octanol–water partition coefficient (Wildman–Crippen LogP) is 2.44. The molecule has 0 radical (unpaired) electrons. The van der Waals surface area contributed by atoms with Crippen LogP contribution in [0.15, 0.2) is 16.8 Å². The summed E-state index contributed by atoms with van der Waals surface area (Å²) in [5.74, 6) is 0.362. The zero-order valence-electron chi connectivity index (χ0n) is 13.2. The number of thiophene rings is 1. The van der Waals surface area contributed by atoms with E-state index in [0.717, 1.165) is 6.42 Å². The van der Waals surface area contributed by atoms with Crippen LogP contribution in [0.25, 0.3) is 0 Å². The Bertz CT molecular complexity index is 508. The maximum Gasteiger partial charge on any atom is 0.246 e. The van der Waals surface area contributed by atoms with E-state index in [1.54, 1.807) is 16.2 Å². The highest BCUT2D eigenvalue weighted by Crippen LogP contribution is 2.24. The molecule has 0 aliphatic carbocycles. The number of hydrogen-bond donors (Lipinski definition) is 1. The molecule has 2 heterocycles. The van der Waals surface area contributed by atoms with Gasteiger partial charge in [-0.1, -0.05) is 13.8 Å². The van der Waals surface area contributed by atoms with Crippen LogP contribution in [0.4, 0.5) is 0 Å². The topological polar surface area (TPSA) is 49.4 Å². The Hall–Kier alpha value is -1.36. The van der Waals surface area contributed by atoms with Crippen LogP contribution >= 0.6 is 11.3 Å². The average molecular weight is 308 g/mol. The first-order valence-corrected chi connectivity index (χ1v) is 8.40. The SMILES string of the molecule is CC(C)CC1NC(=O)C(C)(C)N(CCc2ccsc2)C1=O. The van der Waals surface area contributed by atoms with Gasteiger partial charge in [-0.2, -0.15) is 11.3 Å². The van der Waals surface area contributed by atoms with Crippen molar-refractivity contribution < 1.29 is 9.59 Å². The molecule has 5 heteroatoms. The summed E-state index contributed by atoms with van der Waals surface area (Å²) < 4.78 is 0. The molecule has 4 nitrogen and oxygen atoms in total. The summed E-state index contributed by atoms with van der Waals surface area (Å²) >= 11 is 1.65. The third-order valence-corrected chi connectivity index (χ3v) is 4.74. The lowest BCUT2D eigenvalue weighted by Gasteiger charge is -2.44. The summed E-state index contributed by atoms with van der Waals surface area (Å²) in [6, 6.07) is 1.69. The highest BCUT2D eigenvalue weighted by molar-refractivity contribution is 7.07. The van der Waals surface area contributed by atoms with Crippen molar-refractivity contribution in [1.29, 1.82) is 0 Å². The molecule has 1 unspecified atom stereocenters. The summed E-state index contributed by atoms with van der Waals surface area (Å²) in [4.78, 5) is 26.8. The van der Waals surface area contributed by atoms with E-state index >= 15 is 0 Å². The Morgan fingerprint density at radius 1 is 1.38 bits per heavy atom. The standard InChI is InChI=1S/C16H24N2O2S/c1-11(2)9-13-14(19)18(16(3,4)15(20)17-13)7-5-12-6-8-21-10-12/h6,8,10-11,13H,5,7,9H2,1-4H3,(H,17,20). The molecule has 2 rings (SSSR count). The molecule has 1 atom stereocenters. The van der Waals surface area contributed by atoms with Crippen molar-refractivity contribution in [3.05, 3.63) is 22.4 Å². The zero-order chi connectivity index (χ0) is 15.6. The Labute approximate surface area is 130 Å². The molecule has 1 aliphatic heterocycles. The molecule has 0 bridgehead atoms. The monoisotopic (exact) mass is 308 g/mol. The van der Waals surface area contributed by atoms with Crippen LogP contribution in [-0.4, -0.2) is 34.8 Å². The van der Waals surface area contributed by atoms with Gasteiger partial charge in [0.2, 0.25) is 11.8 Å². The maximum atomic E-state index is 12.7. The van der Waals surface area contributed by atoms with Crippen LogP contribution in [0.5, 0.6) is 0 Å². The minimum atomic E-state index is -0.777. The predicted molar refractivity (Wildman–Crippen MR) is 85.2 cm³/mol. The lowest BCUT2D eigenvalue weighted by Crippen LogP contribution is -2.68. The van der Waals surface area contributed by atoms with Crippen molar-refractivity contribution >= 4 is 23.2 Å². The summed E-state index contributed by atoms with van der Waals surface area (Å²) in [5.41, 5.74) is 0.440. The van der Waals surface area contributed by atoms with E-state index in [2.05, 4.69) is 30.6 Å². The summed E-state index contributed by atoms with van der Waals surface area (Å²) in [5, 5.41) is 7.01. The Kier molecular flexibility index (Phi) is 4.71. The van der Waals surface area contributed by atoms with Gasteiger partial charge in [0.05, 0.1) is 0 Å². The normalized spacial score (nSPS) is 21.8. The van der Waals surface area contributed by atoms with Gasteiger partial charge < -0.3 is 10.2 Å². The van der Waals surface area contributed by atoms with Crippen molar-refractivity contribution in [3.8, 4) is 0 Å². The summed E-state index contributed by atoms with van der Waals surface area (Å²) in [6.45, 7) is 8.35. The fourth-order valence-electron chi connectivity index (χ4n) is 2.68. The molecule has 1 saturated heterocycles. The van der Waals surface area contributed by atoms with Crippen LogP contribution in [0.1, 0.15) is 39.7 Å². The van der Waals surface area contributed by atoms with E-state index in [9.17, 15) is 9.59 Å². The lowest BCUT2D eigenvalue weighted by molar-refractivity contribution is -0.155. The molecule has 21 heavy (non-hydrogen) atoms. The van der Waals surface area contributed by atoms with E-state index in [4.69, 9.17) is 0 Å². The number of nitrogens with one attached hydrogen (secondary N) is 1. The number of hydrogen-bond acceptors (Lipinski definition) is 3. The molecule has 1 aliphatic rings. The summed E-state index contributed by atoms with van der Waals surface area (Å²) in [6.07, 6.45) is 1.48. The minimum Gasteiger partial charge on any atom is -0.342 e. The second-order valence-electron chi connectivity index (χ2n) is 6.59. The maximum absolute atomic E-state index is 12.7. The Morgan fingerprint density at radius 2 is 2.10 bits per heavy atom. The van der Waals surface area contributed by atoms with Gasteiger partial charge >= 0.3 is 0 Å². The van der Waals surface area contributed by atoms with Crippen molar-refractivity contribution in [2.24, 2.45) is 5.92 Å². The fourth-order valence-corrected chi connectivity index (χ4v) is 3.38. The van der Waals surface area contributed by atoms with Gasteiger partial charge in [-0.3, -0.25) is 9.59 Å². The fraction of sp³-hybridized carbons (Fsp3) is 0.625. The van der Waals surface area contributed by atoms with Gasteiger partial charge in [-0.15, -0.1) is 0 Å². The smallest absolute Gasteiger partial charge is 0.246 e. The molecule has 0 saturated carbocycles. The van der Waals surface area contributed by atoms with Crippen LogP contribution in [-0.2, 0) is 16.0 Å². The highest BCUT2D eigenvalue weighted by Gasteiger charge is 2.45. The van der Waals surface area contributed by atoms with Gasteiger partial charge in [0.25, 0.3) is 0 Å². The number of carbonyl (C=O) groups excluding carboxylic acids is 2. The van der Waals surface area contributed by atoms with Gasteiger partial charge in [-0.25, -0.2) is 0 Å². The minimum absolute atomic E-state index is 0.0449. The number of rotatable bonds is 5. The van der Waals surface area contributed by atoms with Crippen molar-refractivity contribution in [3.63, 3.8) is 0 Å². The van der Waals surface area contributed by atoms with Crippen LogP contribution < -0.4 is 5.32 Å². The zero-order valence-corrected chi connectivity index (χ0v) is 14.0. The van der Waals surface area contributed by atoms with Gasteiger partial charge in [-0.05, 0) is 55.0 Å². The molecule has 1 N–H and O–H groups in total. The van der Waals surface area contributed by atoms with Gasteiger partial charge in [0.15, 0.2) is 0 Å². The first-order valence-electron chi connectivity index (χ1n) is 7.46. The van der Waals surface area contributed by atoms with Crippen molar-refractivity contribution in [2.75, 3.05) is 6.54 Å². The van der Waals surface area contributed by atoms with E-state index in [-0.39, 0.29) is 17.9 Å². The lowest BCUT2D eigenvalue weighted by atomic mass is 9.92. The molecule has 2 amide bonds. The highest BCUT2D eigenvalue weighted by atomic mass is 32.1. The second kappa shape index (κ2) is 6.18. The van der Waals surface area contributed by atoms with Crippen molar-refractivity contribution in [2.45, 2.75) is 52.1 Å². The Balaban J connectivity index is 2.13. The molecule has 1 fully saturated rings. The quantitative estimate of drug-likeness (QED) is 0.908. The first kappa shape index (κ1) is 16.0. The largest absolute Gasteiger partial charge is 0.342 e. The number of carbonyl (C=O) groups is 2. The third-order valence-electron chi connectivity index (χ3n) is 4.01. The molecule has 0 aromatic carbocycles. The number of amides is 2. The molecular formula is C16H24N2O2S. The molecular weight excluding hydrogens is 284 g/mol. The first-order chi connectivity index (χ1) is 9.82. The molecule has 0 spiro atoms. The van der Waals surface area contributed by atoms with E-state index in [1.165, 1.54) is 5.56 Å². The molecule has 1 aromatic rings. The number of piperazine rings is 1. The van der Waals surface area contributed by atoms with E-state index in [0.29, 0.717) is 18.9 Å². The van der Waals surface area contributed by atoms with Crippen molar-refractivity contribution in [1.82, 2.24) is 10.2 Å². The molecule has 116 valence electrons. The Morgan fingerprint density at radius 3 is 2.67 bits per heavy atom. The number of nitrogens with zero attached hydrogens (tertiary/aromatic N) is 1. The van der Waals surface area contributed by atoms with Crippen LogP contribution in [0.3, 0.4) is 0 Å². The van der Waals surface area contributed by atoms with E-state index in [1.807, 2.05) is 19.2 Å². The molecule has 1 aromatic heterocycles. The third kappa shape index (κ3) is 3.46.